The molecule has 2 aromatic carbocycles. The van der Waals surface area contributed by atoms with Gasteiger partial charge in [-0.3, -0.25) is 0 Å². The number of nitrogens with zero attached hydrogens (tertiary/aromatic N) is 4. The highest BCUT2D eigenvalue weighted by atomic mass is 19.1. The molecule has 2 heterocycles. The minimum atomic E-state index is -0.671. The molecule has 0 radical (unpaired) electrons. The van der Waals surface area contributed by atoms with Crippen molar-refractivity contribution in [3.8, 4) is 5.75 Å². The number of anilines is 4. The summed E-state index contributed by atoms with van der Waals surface area (Å²) in [5.41, 5.74) is 1.24. The summed E-state index contributed by atoms with van der Waals surface area (Å²) < 4.78 is 32.4. The molecule has 1 saturated heterocycles. The fourth-order valence-electron chi connectivity index (χ4n) is 3.38. The highest BCUT2D eigenvalue weighted by Crippen LogP contribution is 2.29. The van der Waals surface area contributed by atoms with Crippen molar-refractivity contribution in [2.45, 2.75) is 0 Å². The van der Waals surface area contributed by atoms with Crippen LogP contribution in [-0.4, -0.2) is 43.3 Å². The van der Waals surface area contributed by atoms with Gasteiger partial charge in [0.2, 0.25) is 0 Å². The van der Waals surface area contributed by atoms with Crippen LogP contribution in [0, 0.1) is 11.6 Å². The van der Waals surface area contributed by atoms with Crippen molar-refractivity contribution in [3.63, 3.8) is 0 Å². The van der Waals surface area contributed by atoms with E-state index in [9.17, 15) is 8.78 Å². The lowest BCUT2D eigenvalue weighted by Crippen LogP contribution is -2.47. The summed E-state index contributed by atoms with van der Waals surface area (Å²) in [4.78, 5) is 12.9. The van der Waals surface area contributed by atoms with Crippen LogP contribution in [0.25, 0.3) is 0 Å². The molecule has 1 fully saturated rings. The van der Waals surface area contributed by atoms with Gasteiger partial charge in [0.1, 0.15) is 35.3 Å². The smallest absolute Gasteiger partial charge is 0.149 e. The second kappa shape index (κ2) is 8.30. The van der Waals surface area contributed by atoms with Crippen LogP contribution in [0.1, 0.15) is 0 Å². The van der Waals surface area contributed by atoms with Crippen LogP contribution < -0.4 is 19.9 Å². The minimum absolute atomic E-state index is 0.164. The maximum absolute atomic E-state index is 13.9. The molecule has 1 aromatic heterocycles. The zero-order chi connectivity index (χ0) is 20.2. The molecule has 1 N–H and O–H groups in total. The zero-order valence-electron chi connectivity index (χ0n) is 16.0. The Hall–Kier alpha value is -3.42. The fraction of sp³-hybridized carbons (Fsp3) is 0.238. The molecular formula is C21H21F2N5O. The average molecular weight is 397 g/mol. The normalized spacial score (nSPS) is 14.0. The van der Waals surface area contributed by atoms with Gasteiger partial charge in [-0.15, -0.1) is 0 Å². The number of aromatic nitrogens is 2. The summed E-state index contributed by atoms with van der Waals surface area (Å²) in [6.45, 7) is 3.19. The molecule has 6 nitrogen and oxygen atoms in total. The first-order valence-corrected chi connectivity index (χ1v) is 9.31. The molecule has 0 saturated carbocycles. The van der Waals surface area contributed by atoms with Crippen molar-refractivity contribution in [3.05, 3.63) is 66.5 Å². The van der Waals surface area contributed by atoms with E-state index in [-0.39, 0.29) is 5.69 Å². The third-order valence-electron chi connectivity index (χ3n) is 4.88. The third kappa shape index (κ3) is 4.21. The van der Waals surface area contributed by atoms with E-state index in [1.165, 1.54) is 18.5 Å². The molecule has 0 spiro atoms. The number of nitrogens with one attached hydrogen (secondary N) is 1. The van der Waals surface area contributed by atoms with Crippen LogP contribution in [0.15, 0.2) is 54.9 Å². The molecular weight excluding hydrogens is 376 g/mol. The lowest BCUT2D eigenvalue weighted by molar-refractivity contribution is 0.413. The second-order valence-corrected chi connectivity index (χ2v) is 6.66. The van der Waals surface area contributed by atoms with Crippen LogP contribution in [0.4, 0.5) is 31.8 Å². The standard InChI is InChI=1S/C21H21F2N5O/c1-29-19-5-3-2-4-18(19)27-8-10-28(11-9-27)21-13-20(24-14-25-21)26-17-7-6-15(22)12-16(17)23/h2-7,12-14H,8-11H2,1H3,(H,24,25,26). The fourth-order valence-corrected chi connectivity index (χ4v) is 3.38. The summed E-state index contributed by atoms with van der Waals surface area (Å²) in [6, 6.07) is 13.1. The number of hydrogen-bond donors (Lipinski definition) is 1. The van der Waals surface area contributed by atoms with Gasteiger partial charge in [-0.1, -0.05) is 12.1 Å². The summed E-state index contributed by atoms with van der Waals surface area (Å²) in [5, 5.41) is 2.88. The topological polar surface area (TPSA) is 53.5 Å². The van der Waals surface area contributed by atoms with E-state index in [0.717, 1.165) is 49.5 Å². The van der Waals surface area contributed by atoms with Gasteiger partial charge in [-0.25, -0.2) is 18.7 Å². The molecule has 29 heavy (non-hydrogen) atoms. The highest BCUT2D eigenvalue weighted by Gasteiger charge is 2.21. The monoisotopic (exact) mass is 397 g/mol. The third-order valence-corrected chi connectivity index (χ3v) is 4.88. The Morgan fingerprint density at radius 3 is 2.45 bits per heavy atom. The first-order valence-electron chi connectivity index (χ1n) is 9.31. The Kier molecular flexibility index (Phi) is 5.41. The lowest BCUT2D eigenvalue weighted by atomic mass is 10.2. The van der Waals surface area contributed by atoms with Gasteiger partial charge in [-0.2, -0.15) is 0 Å². The SMILES string of the molecule is COc1ccccc1N1CCN(c2cc(Nc3ccc(F)cc3F)ncn2)CC1. The first kappa shape index (κ1) is 18.9. The molecule has 150 valence electrons. The maximum atomic E-state index is 13.9. The Bertz CT molecular complexity index is 992. The van der Waals surface area contributed by atoms with Crippen LogP contribution in [-0.2, 0) is 0 Å². The van der Waals surface area contributed by atoms with Crippen molar-refractivity contribution >= 4 is 23.0 Å². The van der Waals surface area contributed by atoms with Crippen LogP contribution in [0.2, 0.25) is 0 Å². The van der Waals surface area contributed by atoms with Gasteiger partial charge in [0, 0.05) is 38.3 Å². The number of benzene rings is 2. The largest absolute Gasteiger partial charge is 0.495 e. The van der Waals surface area contributed by atoms with Gasteiger partial charge in [0.15, 0.2) is 0 Å². The Labute approximate surface area is 167 Å². The Balaban J connectivity index is 1.44. The van der Waals surface area contributed by atoms with E-state index in [0.29, 0.717) is 5.82 Å². The number of para-hydroxylation sites is 2. The van der Waals surface area contributed by atoms with Crippen molar-refractivity contribution in [2.75, 3.05) is 48.4 Å². The van der Waals surface area contributed by atoms with Crippen molar-refractivity contribution in [2.24, 2.45) is 0 Å². The van der Waals surface area contributed by atoms with E-state index in [2.05, 4.69) is 31.2 Å². The van der Waals surface area contributed by atoms with Gasteiger partial charge in [0.05, 0.1) is 18.5 Å². The van der Waals surface area contributed by atoms with Crippen molar-refractivity contribution < 1.29 is 13.5 Å². The van der Waals surface area contributed by atoms with Gasteiger partial charge >= 0.3 is 0 Å². The maximum Gasteiger partial charge on any atom is 0.149 e. The molecule has 4 rings (SSSR count). The number of methoxy groups -OCH3 is 1. The summed E-state index contributed by atoms with van der Waals surface area (Å²) in [5.74, 6) is 0.771. The number of rotatable bonds is 5. The Morgan fingerprint density at radius 1 is 0.931 bits per heavy atom. The average Bonchev–Trinajstić information content (AvgIpc) is 2.76. The molecule has 0 unspecified atom stereocenters. The lowest BCUT2D eigenvalue weighted by Gasteiger charge is -2.37. The van der Waals surface area contributed by atoms with Gasteiger partial charge in [0.25, 0.3) is 0 Å². The number of ether oxygens (including phenoxy) is 1. The molecule has 1 aliphatic heterocycles. The number of hydrogen-bond acceptors (Lipinski definition) is 6. The van der Waals surface area contributed by atoms with E-state index in [1.807, 2.05) is 18.2 Å². The van der Waals surface area contributed by atoms with Crippen LogP contribution >= 0.6 is 0 Å². The zero-order valence-corrected chi connectivity index (χ0v) is 16.0. The molecule has 0 amide bonds. The van der Waals surface area contributed by atoms with Crippen LogP contribution in [0.5, 0.6) is 5.75 Å². The van der Waals surface area contributed by atoms with E-state index < -0.39 is 11.6 Å². The molecule has 3 aromatic rings. The van der Waals surface area contributed by atoms with Crippen molar-refractivity contribution in [1.82, 2.24) is 9.97 Å². The van der Waals surface area contributed by atoms with Crippen molar-refractivity contribution in [1.29, 1.82) is 0 Å². The van der Waals surface area contributed by atoms with Crippen LogP contribution in [0.3, 0.4) is 0 Å². The van der Waals surface area contributed by atoms with E-state index in [1.54, 1.807) is 13.2 Å². The highest BCUT2D eigenvalue weighted by molar-refractivity contribution is 5.62. The molecule has 0 bridgehead atoms. The quantitative estimate of drug-likeness (QED) is 0.706. The molecule has 1 aliphatic rings. The predicted molar refractivity (Wildman–Crippen MR) is 109 cm³/mol. The predicted octanol–water partition coefficient (Wildman–Crippen LogP) is 3.83. The summed E-state index contributed by atoms with van der Waals surface area (Å²) in [6.07, 6.45) is 1.44. The number of halogens is 2. The van der Waals surface area contributed by atoms with Gasteiger partial charge in [-0.05, 0) is 24.3 Å². The second-order valence-electron chi connectivity index (χ2n) is 6.66. The first-order chi connectivity index (χ1) is 14.1. The summed E-state index contributed by atoms with van der Waals surface area (Å²) in [7, 11) is 1.68. The number of piperazine rings is 1. The molecule has 0 aliphatic carbocycles. The van der Waals surface area contributed by atoms with E-state index >= 15 is 0 Å². The Morgan fingerprint density at radius 2 is 1.69 bits per heavy atom. The minimum Gasteiger partial charge on any atom is -0.495 e. The molecule has 0 atom stereocenters. The van der Waals surface area contributed by atoms with E-state index in [4.69, 9.17) is 4.74 Å². The van der Waals surface area contributed by atoms with Gasteiger partial charge < -0.3 is 19.9 Å². The summed E-state index contributed by atoms with van der Waals surface area (Å²) >= 11 is 0. The molecule has 8 heteroatoms.